The van der Waals surface area contributed by atoms with Crippen LogP contribution in [0.15, 0.2) is 48.5 Å². The summed E-state index contributed by atoms with van der Waals surface area (Å²) in [6, 6.07) is 14.8. The highest BCUT2D eigenvalue weighted by Crippen LogP contribution is 2.24. The quantitative estimate of drug-likeness (QED) is 0.863. The van der Waals surface area contributed by atoms with Gasteiger partial charge < -0.3 is 10.6 Å². The van der Waals surface area contributed by atoms with Gasteiger partial charge in [-0.2, -0.15) is 0 Å². The van der Waals surface area contributed by atoms with Crippen LogP contribution in [0.3, 0.4) is 0 Å². The van der Waals surface area contributed by atoms with Crippen LogP contribution >= 0.6 is 0 Å². The number of hydrogen-bond donors (Lipinski definition) is 2. The average molecular weight is 244 g/mol. The van der Waals surface area contributed by atoms with Crippen LogP contribution < -0.4 is 10.6 Å². The van der Waals surface area contributed by atoms with Gasteiger partial charge in [-0.15, -0.1) is 0 Å². The summed E-state index contributed by atoms with van der Waals surface area (Å²) in [4.78, 5) is 0. The highest BCUT2D eigenvalue weighted by Gasteiger charge is 2.11. The molecule has 0 saturated carbocycles. The van der Waals surface area contributed by atoms with Crippen molar-refractivity contribution >= 4 is 5.69 Å². The molecule has 18 heavy (non-hydrogen) atoms. The standard InChI is InChI=1S/C15H17FN2/c1-17-14-5-3-4-12(10-14)15(18-2)11-6-8-13(16)9-7-11/h3-10,15,17-18H,1-2H3. The van der Waals surface area contributed by atoms with E-state index in [2.05, 4.69) is 22.8 Å². The Balaban J connectivity index is 2.35. The third-order valence-electron chi connectivity index (χ3n) is 3.00. The minimum atomic E-state index is -0.211. The predicted octanol–water partition coefficient (Wildman–Crippen LogP) is 3.18. The van der Waals surface area contributed by atoms with Gasteiger partial charge in [-0.1, -0.05) is 24.3 Å². The summed E-state index contributed by atoms with van der Waals surface area (Å²) in [5.41, 5.74) is 3.26. The van der Waals surface area contributed by atoms with Crippen LogP contribution in [0, 0.1) is 5.82 Å². The van der Waals surface area contributed by atoms with Gasteiger partial charge in [0.05, 0.1) is 6.04 Å². The number of hydrogen-bond acceptors (Lipinski definition) is 2. The average Bonchev–Trinajstić information content (AvgIpc) is 2.42. The van der Waals surface area contributed by atoms with Gasteiger partial charge in [0.2, 0.25) is 0 Å². The Hall–Kier alpha value is -1.87. The van der Waals surface area contributed by atoms with E-state index < -0.39 is 0 Å². The molecule has 1 atom stereocenters. The molecule has 94 valence electrons. The zero-order valence-corrected chi connectivity index (χ0v) is 10.6. The van der Waals surface area contributed by atoms with Crippen molar-refractivity contribution in [1.82, 2.24) is 5.32 Å². The van der Waals surface area contributed by atoms with Crippen molar-refractivity contribution in [1.29, 1.82) is 0 Å². The number of benzene rings is 2. The van der Waals surface area contributed by atoms with E-state index in [-0.39, 0.29) is 11.9 Å². The molecule has 0 heterocycles. The van der Waals surface area contributed by atoms with E-state index in [4.69, 9.17) is 0 Å². The van der Waals surface area contributed by atoms with Gasteiger partial charge in [0, 0.05) is 12.7 Å². The number of nitrogens with one attached hydrogen (secondary N) is 2. The zero-order valence-electron chi connectivity index (χ0n) is 10.6. The van der Waals surface area contributed by atoms with E-state index in [9.17, 15) is 4.39 Å². The minimum absolute atomic E-state index is 0.0684. The summed E-state index contributed by atoms with van der Waals surface area (Å²) < 4.78 is 12.9. The smallest absolute Gasteiger partial charge is 0.123 e. The maximum atomic E-state index is 12.9. The first-order chi connectivity index (χ1) is 8.74. The number of rotatable bonds is 4. The first-order valence-corrected chi connectivity index (χ1v) is 5.95. The molecule has 0 aliphatic heterocycles. The summed E-state index contributed by atoms with van der Waals surface area (Å²) in [5.74, 6) is -0.211. The third-order valence-corrected chi connectivity index (χ3v) is 3.00. The van der Waals surface area contributed by atoms with Crippen LogP contribution in [0.1, 0.15) is 17.2 Å². The first-order valence-electron chi connectivity index (χ1n) is 5.95. The van der Waals surface area contributed by atoms with E-state index in [0.717, 1.165) is 16.8 Å². The van der Waals surface area contributed by atoms with Crippen LogP contribution in [0.5, 0.6) is 0 Å². The molecule has 0 saturated heterocycles. The molecule has 0 aromatic heterocycles. The molecule has 2 nitrogen and oxygen atoms in total. The fraction of sp³-hybridized carbons (Fsp3) is 0.200. The molecule has 0 bridgehead atoms. The zero-order chi connectivity index (χ0) is 13.0. The molecule has 2 aromatic rings. The fourth-order valence-corrected chi connectivity index (χ4v) is 2.05. The molecular weight excluding hydrogens is 227 g/mol. The Morgan fingerprint density at radius 3 is 2.28 bits per heavy atom. The van der Waals surface area contributed by atoms with Gasteiger partial charge in [0.1, 0.15) is 5.82 Å². The Bertz CT molecular complexity index is 508. The third kappa shape index (κ3) is 2.68. The Labute approximate surface area is 107 Å². The van der Waals surface area contributed by atoms with Crippen LogP contribution in [0.25, 0.3) is 0 Å². The van der Waals surface area contributed by atoms with Crippen LogP contribution in [-0.2, 0) is 0 Å². The van der Waals surface area contributed by atoms with Crippen molar-refractivity contribution in [3.63, 3.8) is 0 Å². The second kappa shape index (κ2) is 5.65. The van der Waals surface area contributed by atoms with Gasteiger partial charge in [-0.3, -0.25) is 0 Å². The Kier molecular flexibility index (Phi) is 3.95. The molecule has 2 N–H and O–H groups in total. The van der Waals surface area contributed by atoms with Gasteiger partial charge >= 0.3 is 0 Å². The molecule has 0 fully saturated rings. The summed E-state index contributed by atoms with van der Waals surface area (Å²) in [6.07, 6.45) is 0. The van der Waals surface area contributed by atoms with Crippen molar-refractivity contribution in [2.45, 2.75) is 6.04 Å². The van der Waals surface area contributed by atoms with Gasteiger partial charge in [-0.25, -0.2) is 4.39 Å². The monoisotopic (exact) mass is 244 g/mol. The van der Waals surface area contributed by atoms with Crippen molar-refractivity contribution < 1.29 is 4.39 Å². The highest BCUT2D eigenvalue weighted by atomic mass is 19.1. The molecule has 0 spiro atoms. The van der Waals surface area contributed by atoms with E-state index in [1.54, 1.807) is 0 Å². The maximum Gasteiger partial charge on any atom is 0.123 e. The van der Waals surface area contributed by atoms with Crippen molar-refractivity contribution in [3.05, 3.63) is 65.5 Å². The van der Waals surface area contributed by atoms with Crippen LogP contribution in [0.4, 0.5) is 10.1 Å². The van der Waals surface area contributed by atoms with Crippen molar-refractivity contribution in [2.75, 3.05) is 19.4 Å². The van der Waals surface area contributed by atoms with Crippen LogP contribution in [0.2, 0.25) is 0 Å². The SMILES string of the molecule is CNc1cccc(C(NC)c2ccc(F)cc2)c1. The summed E-state index contributed by atoms with van der Waals surface area (Å²) in [7, 11) is 3.80. The van der Waals surface area contributed by atoms with Crippen LogP contribution in [-0.4, -0.2) is 14.1 Å². The summed E-state index contributed by atoms with van der Waals surface area (Å²) in [5, 5.41) is 6.37. The van der Waals surface area contributed by atoms with E-state index in [1.807, 2.05) is 38.4 Å². The lowest BCUT2D eigenvalue weighted by atomic mass is 9.98. The van der Waals surface area contributed by atoms with E-state index >= 15 is 0 Å². The normalized spacial score (nSPS) is 12.2. The van der Waals surface area contributed by atoms with Gasteiger partial charge in [0.15, 0.2) is 0 Å². The molecule has 2 aromatic carbocycles. The second-order valence-corrected chi connectivity index (χ2v) is 4.15. The Morgan fingerprint density at radius 1 is 0.944 bits per heavy atom. The molecule has 0 aliphatic rings. The lowest BCUT2D eigenvalue weighted by Gasteiger charge is -2.18. The summed E-state index contributed by atoms with van der Waals surface area (Å²) in [6.45, 7) is 0. The van der Waals surface area contributed by atoms with E-state index in [1.165, 1.54) is 12.1 Å². The van der Waals surface area contributed by atoms with E-state index in [0.29, 0.717) is 0 Å². The molecular formula is C15H17FN2. The lowest BCUT2D eigenvalue weighted by molar-refractivity contribution is 0.623. The lowest BCUT2D eigenvalue weighted by Crippen LogP contribution is -2.17. The first kappa shape index (κ1) is 12.6. The topological polar surface area (TPSA) is 24.1 Å². The minimum Gasteiger partial charge on any atom is -0.388 e. The van der Waals surface area contributed by atoms with Gasteiger partial charge in [-0.05, 0) is 42.4 Å². The summed E-state index contributed by atoms with van der Waals surface area (Å²) >= 11 is 0. The second-order valence-electron chi connectivity index (χ2n) is 4.15. The maximum absolute atomic E-state index is 12.9. The predicted molar refractivity (Wildman–Crippen MR) is 73.3 cm³/mol. The Morgan fingerprint density at radius 2 is 1.67 bits per heavy atom. The van der Waals surface area contributed by atoms with Crippen molar-refractivity contribution in [2.24, 2.45) is 0 Å². The fourth-order valence-electron chi connectivity index (χ4n) is 2.05. The van der Waals surface area contributed by atoms with Gasteiger partial charge in [0.25, 0.3) is 0 Å². The molecule has 2 rings (SSSR count). The number of halogens is 1. The molecule has 0 aliphatic carbocycles. The highest BCUT2D eigenvalue weighted by molar-refractivity contribution is 5.47. The molecule has 1 unspecified atom stereocenters. The largest absolute Gasteiger partial charge is 0.388 e. The molecule has 0 radical (unpaired) electrons. The van der Waals surface area contributed by atoms with Crippen molar-refractivity contribution in [3.8, 4) is 0 Å². The molecule has 3 heteroatoms. The number of anilines is 1. The molecule has 0 amide bonds.